The zero-order chi connectivity index (χ0) is 17.4. The Bertz CT molecular complexity index is 1160. The van der Waals surface area contributed by atoms with E-state index in [4.69, 9.17) is 4.42 Å². The first-order valence-electron chi connectivity index (χ1n) is 7.54. The Balaban J connectivity index is 1.65. The monoisotopic (exact) mass is 337 g/mol. The van der Waals surface area contributed by atoms with Gasteiger partial charge in [-0.05, 0) is 30.3 Å². The Hall–Kier alpha value is -3.48. The van der Waals surface area contributed by atoms with Gasteiger partial charge in [0, 0.05) is 11.1 Å². The topological polar surface area (TPSA) is 77.1 Å². The van der Waals surface area contributed by atoms with Crippen LogP contribution in [0, 0.1) is 5.82 Å². The molecule has 6 nitrogen and oxygen atoms in total. The van der Waals surface area contributed by atoms with Gasteiger partial charge in [-0.25, -0.2) is 9.37 Å². The number of anilines is 1. The van der Waals surface area contributed by atoms with Crippen LogP contribution in [0.1, 0.15) is 0 Å². The molecule has 2 heterocycles. The van der Waals surface area contributed by atoms with E-state index in [0.717, 1.165) is 9.95 Å². The Morgan fingerprint density at radius 1 is 1.20 bits per heavy atom. The Kier molecular flexibility index (Phi) is 3.53. The summed E-state index contributed by atoms with van der Waals surface area (Å²) in [5.74, 6) is -0.926. The highest BCUT2D eigenvalue weighted by molar-refractivity contribution is 6.01. The number of hydrogen-bond donors (Lipinski definition) is 1. The molecule has 0 bridgehead atoms. The van der Waals surface area contributed by atoms with Crippen molar-refractivity contribution in [3.05, 3.63) is 71.0 Å². The second kappa shape index (κ2) is 5.86. The van der Waals surface area contributed by atoms with Gasteiger partial charge in [0.1, 0.15) is 23.5 Å². The van der Waals surface area contributed by atoms with Crippen LogP contribution < -0.4 is 10.9 Å². The molecule has 0 aliphatic heterocycles. The number of carbonyl (C=O) groups is 1. The molecule has 0 aliphatic carbocycles. The highest BCUT2D eigenvalue weighted by Gasteiger charge is 2.14. The van der Waals surface area contributed by atoms with Crippen LogP contribution in [-0.2, 0) is 11.3 Å². The lowest BCUT2D eigenvalue weighted by Gasteiger charge is -2.07. The lowest BCUT2D eigenvalue weighted by atomic mass is 10.2. The Labute approximate surface area is 140 Å². The van der Waals surface area contributed by atoms with E-state index in [0.29, 0.717) is 16.8 Å². The van der Waals surface area contributed by atoms with E-state index in [1.807, 2.05) is 12.1 Å². The van der Waals surface area contributed by atoms with Crippen molar-refractivity contribution < 1.29 is 13.6 Å². The van der Waals surface area contributed by atoms with Crippen molar-refractivity contribution in [3.8, 4) is 0 Å². The molecule has 7 heteroatoms. The van der Waals surface area contributed by atoms with Crippen LogP contribution >= 0.6 is 0 Å². The number of para-hydroxylation sites is 1. The molecule has 0 saturated heterocycles. The summed E-state index contributed by atoms with van der Waals surface area (Å²) in [6.07, 6.45) is 1.30. The van der Waals surface area contributed by atoms with Crippen LogP contribution in [0.25, 0.3) is 22.1 Å². The standard InChI is InChI=1S/C18H12FN3O3/c19-11-4-3-5-12(8-11)21-15(23)9-22-10-20-16-13-6-1-2-7-14(13)25-17(16)18(22)24/h1-8,10H,9H2,(H,21,23). The number of halogens is 1. The fourth-order valence-corrected chi connectivity index (χ4v) is 2.65. The maximum absolute atomic E-state index is 13.2. The Morgan fingerprint density at radius 2 is 2.04 bits per heavy atom. The molecule has 0 atom stereocenters. The van der Waals surface area contributed by atoms with Crippen molar-refractivity contribution in [2.24, 2.45) is 0 Å². The van der Waals surface area contributed by atoms with Crippen LogP contribution in [0.2, 0.25) is 0 Å². The van der Waals surface area contributed by atoms with Gasteiger partial charge in [0.2, 0.25) is 11.5 Å². The summed E-state index contributed by atoms with van der Waals surface area (Å²) in [5.41, 5.74) is 0.986. The molecule has 25 heavy (non-hydrogen) atoms. The summed E-state index contributed by atoms with van der Waals surface area (Å²) in [5, 5.41) is 3.28. The predicted octanol–water partition coefficient (Wildman–Crippen LogP) is 2.92. The third-order valence-electron chi connectivity index (χ3n) is 3.77. The molecule has 2 aromatic carbocycles. The number of benzene rings is 2. The third-order valence-corrected chi connectivity index (χ3v) is 3.77. The Morgan fingerprint density at radius 3 is 2.88 bits per heavy atom. The number of carbonyl (C=O) groups excluding carboxylic acids is 1. The SMILES string of the molecule is O=C(Cn1cnc2c(oc3ccccc32)c1=O)Nc1cccc(F)c1. The predicted molar refractivity (Wildman–Crippen MR) is 90.8 cm³/mol. The van der Waals surface area contributed by atoms with E-state index >= 15 is 0 Å². The first-order valence-corrected chi connectivity index (χ1v) is 7.54. The first kappa shape index (κ1) is 15.1. The van der Waals surface area contributed by atoms with Crippen LogP contribution in [0.4, 0.5) is 10.1 Å². The summed E-state index contributed by atoms with van der Waals surface area (Å²) >= 11 is 0. The fraction of sp³-hybridized carbons (Fsp3) is 0.0556. The molecule has 0 aliphatic rings. The van der Waals surface area contributed by atoms with Crippen molar-refractivity contribution in [3.63, 3.8) is 0 Å². The number of aromatic nitrogens is 2. The molecule has 0 saturated carbocycles. The van der Waals surface area contributed by atoms with Crippen LogP contribution in [0.5, 0.6) is 0 Å². The van der Waals surface area contributed by atoms with Gasteiger partial charge in [-0.1, -0.05) is 18.2 Å². The van der Waals surface area contributed by atoms with Crippen molar-refractivity contribution >= 4 is 33.7 Å². The molecular formula is C18H12FN3O3. The van der Waals surface area contributed by atoms with E-state index < -0.39 is 17.3 Å². The lowest BCUT2D eigenvalue weighted by molar-refractivity contribution is -0.116. The maximum Gasteiger partial charge on any atom is 0.297 e. The van der Waals surface area contributed by atoms with Gasteiger partial charge in [-0.3, -0.25) is 14.2 Å². The summed E-state index contributed by atoms with van der Waals surface area (Å²) in [4.78, 5) is 28.9. The van der Waals surface area contributed by atoms with Crippen molar-refractivity contribution in [1.29, 1.82) is 0 Å². The normalized spacial score (nSPS) is 11.1. The highest BCUT2D eigenvalue weighted by Crippen LogP contribution is 2.24. The minimum atomic E-state index is -0.468. The molecule has 0 radical (unpaired) electrons. The van der Waals surface area contributed by atoms with Crippen molar-refractivity contribution in [1.82, 2.24) is 9.55 Å². The van der Waals surface area contributed by atoms with Crippen LogP contribution in [0.3, 0.4) is 0 Å². The van der Waals surface area contributed by atoms with Crippen molar-refractivity contribution in [2.45, 2.75) is 6.54 Å². The quantitative estimate of drug-likeness (QED) is 0.623. The number of nitrogens with one attached hydrogen (secondary N) is 1. The van der Waals surface area contributed by atoms with Gasteiger partial charge in [-0.15, -0.1) is 0 Å². The number of nitrogens with zero attached hydrogens (tertiary/aromatic N) is 2. The minimum absolute atomic E-state index is 0.0993. The van der Waals surface area contributed by atoms with E-state index in [1.54, 1.807) is 18.2 Å². The number of rotatable bonds is 3. The lowest BCUT2D eigenvalue weighted by Crippen LogP contribution is -2.27. The second-order valence-electron chi connectivity index (χ2n) is 5.51. The maximum atomic E-state index is 13.2. The van der Waals surface area contributed by atoms with Crippen LogP contribution in [0.15, 0.2) is 64.1 Å². The largest absolute Gasteiger partial charge is 0.448 e. The van der Waals surface area contributed by atoms with Crippen molar-refractivity contribution in [2.75, 3.05) is 5.32 Å². The van der Waals surface area contributed by atoms with Gasteiger partial charge in [0.05, 0.1) is 6.33 Å². The summed E-state index contributed by atoms with van der Waals surface area (Å²) < 4.78 is 19.9. The molecule has 1 N–H and O–H groups in total. The average Bonchev–Trinajstić information content (AvgIpc) is 2.97. The molecular weight excluding hydrogens is 325 g/mol. The van der Waals surface area contributed by atoms with Gasteiger partial charge in [-0.2, -0.15) is 0 Å². The molecule has 2 aromatic heterocycles. The number of furan rings is 1. The van der Waals surface area contributed by atoms with E-state index in [9.17, 15) is 14.0 Å². The van der Waals surface area contributed by atoms with Gasteiger partial charge in [0.15, 0.2) is 0 Å². The van der Waals surface area contributed by atoms with E-state index in [-0.39, 0.29) is 12.1 Å². The second-order valence-corrected chi connectivity index (χ2v) is 5.51. The number of amides is 1. The zero-order valence-corrected chi connectivity index (χ0v) is 12.9. The number of fused-ring (bicyclic) bond motifs is 3. The summed E-state index contributed by atoms with van der Waals surface area (Å²) in [6, 6.07) is 12.7. The zero-order valence-electron chi connectivity index (χ0n) is 12.9. The highest BCUT2D eigenvalue weighted by atomic mass is 19.1. The molecule has 0 fully saturated rings. The molecule has 124 valence electrons. The molecule has 1 amide bonds. The fourth-order valence-electron chi connectivity index (χ4n) is 2.65. The molecule has 4 rings (SSSR count). The molecule has 0 spiro atoms. The third kappa shape index (κ3) is 2.76. The van der Waals surface area contributed by atoms with Crippen LogP contribution in [-0.4, -0.2) is 15.5 Å². The summed E-state index contributed by atoms with van der Waals surface area (Å²) in [6.45, 7) is -0.255. The van der Waals surface area contributed by atoms with E-state index in [1.165, 1.54) is 24.5 Å². The summed E-state index contributed by atoms with van der Waals surface area (Å²) in [7, 11) is 0. The number of hydrogen-bond acceptors (Lipinski definition) is 4. The van der Waals surface area contributed by atoms with E-state index in [2.05, 4.69) is 10.3 Å². The average molecular weight is 337 g/mol. The smallest absolute Gasteiger partial charge is 0.297 e. The minimum Gasteiger partial charge on any atom is -0.448 e. The van der Waals surface area contributed by atoms with Gasteiger partial charge >= 0.3 is 0 Å². The molecule has 0 unspecified atom stereocenters. The van der Waals surface area contributed by atoms with Gasteiger partial charge in [0.25, 0.3) is 5.56 Å². The van der Waals surface area contributed by atoms with Gasteiger partial charge < -0.3 is 9.73 Å². The first-order chi connectivity index (χ1) is 12.1. The molecule has 4 aromatic rings.